The van der Waals surface area contributed by atoms with Crippen LogP contribution in [0, 0.1) is 0 Å². The highest BCUT2D eigenvalue weighted by Crippen LogP contribution is 2.37. The van der Waals surface area contributed by atoms with Crippen LogP contribution in [0.4, 0.5) is 5.82 Å². The molecule has 2 aromatic carbocycles. The van der Waals surface area contributed by atoms with Crippen molar-refractivity contribution in [1.82, 2.24) is 20.1 Å². The number of pyridine rings is 1. The molecule has 0 spiro atoms. The third-order valence-corrected chi connectivity index (χ3v) is 6.19. The highest BCUT2D eigenvalue weighted by molar-refractivity contribution is 5.89. The first kappa shape index (κ1) is 27.1. The Bertz CT molecular complexity index is 1370. The van der Waals surface area contributed by atoms with Crippen molar-refractivity contribution in [3.63, 3.8) is 0 Å². The number of carbonyl (C=O) groups excluding carboxylic acids is 1. The van der Waals surface area contributed by atoms with Gasteiger partial charge in [-0.15, -0.1) is 0 Å². The van der Waals surface area contributed by atoms with Crippen molar-refractivity contribution in [2.45, 2.75) is 19.9 Å². The van der Waals surface area contributed by atoms with Gasteiger partial charge in [0.15, 0.2) is 0 Å². The van der Waals surface area contributed by atoms with E-state index in [0.717, 1.165) is 45.1 Å². The van der Waals surface area contributed by atoms with Crippen LogP contribution < -0.4 is 16.8 Å². The number of carbonyl (C=O) groups is 1. The predicted octanol–water partition coefficient (Wildman–Crippen LogP) is 2.72. The van der Waals surface area contributed by atoms with Gasteiger partial charge in [0.1, 0.15) is 18.2 Å². The number of rotatable bonds is 13. The van der Waals surface area contributed by atoms with E-state index in [1.54, 1.807) is 12.1 Å². The summed E-state index contributed by atoms with van der Waals surface area (Å²) in [7, 11) is 0. The number of hydrogen-bond donors (Lipinski definition) is 4. The molecule has 200 valence electrons. The number of aromatic hydroxyl groups is 1. The molecule has 0 aliphatic carbocycles. The van der Waals surface area contributed by atoms with E-state index in [4.69, 9.17) is 20.9 Å². The molecule has 0 radical (unpaired) electrons. The van der Waals surface area contributed by atoms with Gasteiger partial charge in [0.2, 0.25) is 5.91 Å². The number of hydrogen-bond acceptors (Lipinski definition) is 8. The van der Waals surface area contributed by atoms with Crippen molar-refractivity contribution in [3.05, 3.63) is 60.4 Å². The van der Waals surface area contributed by atoms with E-state index in [0.29, 0.717) is 45.3 Å². The zero-order chi connectivity index (χ0) is 26.9. The van der Waals surface area contributed by atoms with Gasteiger partial charge in [0.05, 0.1) is 38.1 Å². The predicted molar refractivity (Wildman–Crippen MR) is 148 cm³/mol. The van der Waals surface area contributed by atoms with Crippen molar-refractivity contribution < 1.29 is 19.4 Å². The first-order valence-corrected chi connectivity index (χ1v) is 12.7. The molecular weight excluding hydrogens is 484 g/mol. The highest BCUT2D eigenvalue weighted by atomic mass is 16.5. The second kappa shape index (κ2) is 13.0. The van der Waals surface area contributed by atoms with Gasteiger partial charge in [0.25, 0.3) is 0 Å². The number of aromatic nitrogens is 3. The average Bonchev–Trinajstić information content (AvgIpc) is 3.33. The Morgan fingerprint density at radius 1 is 1.05 bits per heavy atom. The standard InChI is InChI=1S/C28H34N6O4/c1-2-23-24(17-32-28(30)27(23)19-3-6-22(35)7-4-19)20-5-8-25-21(15-20)16-33-34(25)11-10-31-26(36)18-38-14-13-37-12-9-29/h3-8,15-17,35H,2,9-14,18,29H2,1H3,(H2,30,32)(H,31,36). The molecule has 0 saturated carbocycles. The lowest BCUT2D eigenvalue weighted by atomic mass is 9.91. The fourth-order valence-corrected chi connectivity index (χ4v) is 4.39. The second-order valence-corrected chi connectivity index (χ2v) is 8.76. The quantitative estimate of drug-likeness (QED) is 0.197. The number of nitrogen functional groups attached to an aromatic ring is 1. The van der Waals surface area contributed by atoms with E-state index in [-0.39, 0.29) is 18.3 Å². The average molecular weight is 519 g/mol. The van der Waals surface area contributed by atoms with Crippen LogP contribution in [-0.4, -0.2) is 65.3 Å². The first-order chi connectivity index (χ1) is 18.5. The molecular formula is C28H34N6O4. The van der Waals surface area contributed by atoms with Crippen LogP contribution in [0.5, 0.6) is 5.75 Å². The van der Waals surface area contributed by atoms with Gasteiger partial charge in [-0.2, -0.15) is 5.10 Å². The minimum Gasteiger partial charge on any atom is -0.508 e. The van der Waals surface area contributed by atoms with Crippen LogP contribution in [0.25, 0.3) is 33.2 Å². The Morgan fingerprint density at radius 2 is 1.82 bits per heavy atom. The third-order valence-electron chi connectivity index (χ3n) is 6.19. The Morgan fingerprint density at radius 3 is 2.58 bits per heavy atom. The SMILES string of the molecule is CCc1c(-c2ccc3c(cnn3CCNC(=O)COCCOCCN)c2)cnc(N)c1-c1ccc(O)cc1. The molecule has 10 nitrogen and oxygen atoms in total. The summed E-state index contributed by atoms with van der Waals surface area (Å²) in [6, 6.07) is 13.2. The number of amides is 1. The van der Waals surface area contributed by atoms with Crippen LogP contribution in [0.15, 0.2) is 54.9 Å². The Kier molecular flexibility index (Phi) is 9.26. The Labute approximate surface area is 221 Å². The van der Waals surface area contributed by atoms with Gasteiger partial charge < -0.3 is 31.4 Å². The molecule has 0 saturated heterocycles. The van der Waals surface area contributed by atoms with Crippen LogP contribution in [-0.2, 0) is 27.2 Å². The fourth-order valence-electron chi connectivity index (χ4n) is 4.39. The number of ether oxygens (including phenoxy) is 2. The lowest BCUT2D eigenvalue weighted by Gasteiger charge is -2.16. The maximum absolute atomic E-state index is 12.0. The smallest absolute Gasteiger partial charge is 0.246 e. The first-order valence-electron chi connectivity index (χ1n) is 12.7. The summed E-state index contributed by atoms with van der Waals surface area (Å²) >= 11 is 0. The molecule has 2 heterocycles. The highest BCUT2D eigenvalue weighted by Gasteiger charge is 2.16. The van der Waals surface area contributed by atoms with E-state index in [2.05, 4.69) is 28.4 Å². The molecule has 6 N–H and O–H groups in total. The fraction of sp³-hybridized carbons (Fsp3) is 0.321. The molecule has 1 amide bonds. The van der Waals surface area contributed by atoms with Gasteiger partial charge in [-0.3, -0.25) is 9.48 Å². The van der Waals surface area contributed by atoms with E-state index in [1.165, 1.54) is 0 Å². The van der Waals surface area contributed by atoms with Gasteiger partial charge in [-0.25, -0.2) is 4.98 Å². The Balaban J connectivity index is 1.44. The molecule has 2 aromatic heterocycles. The molecule has 0 aliphatic rings. The van der Waals surface area contributed by atoms with Crippen molar-refractivity contribution in [3.8, 4) is 28.0 Å². The van der Waals surface area contributed by atoms with Crippen molar-refractivity contribution >= 4 is 22.6 Å². The van der Waals surface area contributed by atoms with Gasteiger partial charge in [-0.05, 0) is 47.4 Å². The van der Waals surface area contributed by atoms with Crippen LogP contribution >= 0.6 is 0 Å². The number of nitrogens with zero attached hydrogens (tertiary/aromatic N) is 3. The third kappa shape index (κ3) is 6.46. The molecule has 4 aromatic rings. The van der Waals surface area contributed by atoms with Crippen molar-refractivity contribution in [2.24, 2.45) is 5.73 Å². The van der Waals surface area contributed by atoms with Gasteiger partial charge in [0, 0.05) is 35.8 Å². The molecule has 0 bridgehead atoms. The summed E-state index contributed by atoms with van der Waals surface area (Å²) < 4.78 is 12.4. The number of nitrogens with two attached hydrogens (primary N) is 2. The maximum Gasteiger partial charge on any atom is 0.246 e. The molecule has 0 atom stereocenters. The van der Waals surface area contributed by atoms with Gasteiger partial charge in [-0.1, -0.05) is 25.1 Å². The summed E-state index contributed by atoms with van der Waals surface area (Å²) in [5, 5.41) is 18.0. The number of phenolic OH excluding ortho intramolecular Hbond substituents is 1. The molecule has 38 heavy (non-hydrogen) atoms. The number of phenols is 1. The summed E-state index contributed by atoms with van der Waals surface area (Å²) in [5.74, 6) is 0.474. The van der Waals surface area contributed by atoms with Crippen LogP contribution in [0.2, 0.25) is 0 Å². The monoisotopic (exact) mass is 518 g/mol. The number of benzene rings is 2. The summed E-state index contributed by atoms with van der Waals surface area (Å²) in [6.45, 7) is 4.74. The number of nitrogens with one attached hydrogen (secondary N) is 1. The molecule has 4 rings (SSSR count). The zero-order valence-corrected chi connectivity index (χ0v) is 21.5. The largest absolute Gasteiger partial charge is 0.508 e. The lowest BCUT2D eigenvalue weighted by Crippen LogP contribution is -2.31. The Hall–Kier alpha value is -3.99. The second-order valence-electron chi connectivity index (χ2n) is 8.76. The normalized spacial score (nSPS) is 11.2. The minimum atomic E-state index is -0.185. The van der Waals surface area contributed by atoms with Crippen LogP contribution in [0.3, 0.4) is 0 Å². The molecule has 0 unspecified atom stereocenters. The minimum absolute atomic E-state index is 0.0171. The lowest BCUT2D eigenvalue weighted by molar-refractivity contribution is -0.126. The number of anilines is 1. The van der Waals surface area contributed by atoms with Crippen molar-refractivity contribution in [1.29, 1.82) is 0 Å². The van der Waals surface area contributed by atoms with Crippen molar-refractivity contribution in [2.75, 3.05) is 45.3 Å². The van der Waals surface area contributed by atoms with E-state index >= 15 is 0 Å². The number of fused-ring (bicyclic) bond motifs is 1. The topological polar surface area (TPSA) is 151 Å². The van der Waals surface area contributed by atoms with Crippen LogP contribution in [0.1, 0.15) is 12.5 Å². The molecule has 0 fully saturated rings. The van der Waals surface area contributed by atoms with E-state index in [9.17, 15) is 9.90 Å². The molecule has 10 heteroatoms. The van der Waals surface area contributed by atoms with E-state index < -0.39 is 0 Å². The summed E-state index contributed by atoms with van der Waals surface area (Å²) in [5.41, 5.74) is 17.5. The van der Waals surface area contributed by atoms with E-state index in [1.807, 2.05) is 41.3 Å². The zero-order valence-electron chi connectivity index (χ0n) is 21.5. The molecule has 0 aliphatic heterocycles. The van der Waals surface area contributed by atoms with Gasteiger partial charge >= 0.3 is 0 Å². The maximum atomic E-state index is 12.0. The summed E-state index contributed by atoms with van der Waals surface area (Å²) in [4.78, 5) is 16.5. The summed E-state index contributed by atoms with van der Waals surface area (Å²) in [6.07, 6.45) is 4.40.